The van der Waals surface area contributed by atoms with Crippen molar-refractivity contribution in [3.05, 3.63) is 33.7 Å². The van der Waals surface area contributed by atoms with E-state index in [4.69, 9.17) is 16.7 Å². The predicted octanol–water partition coefficient (Wildman–Crippen LogP) is 2.31. The first-order chi connectivity index (χ1) is 5.24. The van der Waals surface area contributed by atoms with Gasteiger partial charge in [-0.25, -0.2) is 0 Å². The number of halogens is 1. The number of aromatic hydroxyl groups is 1. The summed E-state index contributed by atoms with van der Waals surface area (Å²) in [6.45, 7) is -0.0492. The Morgan fingerprint density at radius 2 is 2.27 bits per heavy atom. The number of hydrogen-bond acceptors (Lipinski definition) is 3. The number of phenols is 1. The largest absolute Gasteiger partial charge is 0.508 e. The fourth-order valence-corrected chi connectivity index (χ4v) is 0.945. The second-order valence-corrected chi connectivity index (χ2v) is 2.50. The zero-order valence-corrected chi connectivity index (χ0v) is 6.38. The number of rotatable bonds is 2. The molecule has 1 aromatic carbocycles. The molecule has 0 radical (unpaired) electrons. The van der Waals surface area contributed by atoms with Gasteiger partial charge in [-0.05, 0) is 18.2 Å². The van der Waals surface area contributed by atoms with Gasteiger partial charge in [-0.3, -0.25) is 0 Å². The lowest BCUT2D eigenvalue weighted by Crippen LogP contribution is -1.80. The summed E-state index contributed by atoms with van der Waals surface area (Å²) in [4.78, 5) is 9.83. The Bertz CT molecular complexity index is 275. The molecule has 0 aliphatic rings. The van der Waals surface area contributed by atoms with Crippen LogP contribution in [0.4, 0.5) is 0 Å². The van der Waals surface area contributed by atoms with E-state index in [1.54, 1.807) is 6.07 Å². The second kappa shape index (κ2) is 3.34. The molecule has 3 nitrogen and oxygen atoms in total. The number of nitroso groups, excluding NO2 is 1. The van der Waals surface area contributed by atoms with Crippen LogP contribution >= 0.6 is 11.6 Å². The van der Waals surface area contributed by atoms with E-state index in [9.17, 15) is 4.91 Å². The number of hydrogen-bond donors (Lipinski definition) is 1. The molecule has 0 fully saturated rings. The van der Waals surface area contributed by atoms with E-state index in [0.29, 0.717) is 10.6 Å². The van der Waals surface area contributed by atoms with E-state index in [1.165, 1.54) is 12.1 Å². The number of nitrogens with zero attached hydrogens (tertiary/aromatic N) is 1. The molecule has 1 rings (SSSR count). The van der Waals surface area contributed by atoms with Gasteiger partial charge < -0.3 is 5.11 Å². The minimum Gasteiger partial charge on any atom is -0.508 e. The van der Waals surface area contributed by atoms with Gasteiger partial charge in [0.05, 0.1) is 0 Å². The molecule has 58 valence electrons. The van der Waals surface area contributed by atoms with Crippen LogP contribution in [0.3, 0.4) is 0 Å². The van der Waals surface area contributed by atoms with Crippen molar-refractivity contribution >= 4 is 11.6 Å². The zero-order chi connectivity index (χ0) is 8.27. The summed E-state index contributed by atoms with van der Waals surface area (Å²) in [7, 11) is 0. The van der Waals surface area contributed by atoms with Crippen molar-refractivity contribution < 1.29 is 5.11 Å². The summed E-state index contributed by atoms with van der Waals surface area (Å²) in [5.74, 6) is 0.0500. The van der Waals surface area contributed by atoms with Crippen LogP contribution < -0.4 is 0 Å². The average molecular weight is 172 g/mol. The van der Waals surface area contributed by atoms with Crippen LogP contribution in [0, 0.1) is 4.91 Å². The Kier molecular flexibility index (Phi) is 2.44. The molecule has 0 unspecified atom stereocenters. The van der Waals surface area contributed by atoms with Crippen LogP contribution in [0.2, 0.25) is 5.02 Å². The lowest BCUT2D eigenvalue weighted by molar-refractivity contribution is 0.468. The molecule has 11 heavy (non-hydrogen) atoms. The Morgan fingerprint density at radius 3 is 2.91 bits per heavy atom. The third-order valence-corrected chi connectivity index (χ3v) is 1.51. The van der Waals surface area contributed by atoms with Gasteiger partial charge in [0.1, 0.15) is 12.3 Å². The van der Waals surface area contributed by atoms with Gasteiger partial charge in [-0.1, -0.05) is 16.8 Å². The molecular formula is C7H6ClNO2. The topological polar surface area (TPSA) is 49.7 Å². The van der Waals surface area contributed by atoms with Crippen LogP contribution in [0.15, 0.2) is 23.4 Å². The Hall–Kier alpha value is -1.09. The van der Waals surface area contributed by atoms with E-state index in [1.807, 2.05) is 0 Å². The van der Waals surface area contributed by atoms with Gasteiger partial charge in [0, 0.05) is 10.6 Å². The summed E-state index contributed by atoms with van der Waals surface area (Å²) in [6.07, 6.45) is 0. The third kappa shape index (κ3) is 1.91. The molecule has 4 heteroatoms. The first kappa shape index (κ1) is 8.01. The van der Waals surface area contributed by atoms with Gasteiger partial charge >= 0.3 is 0 Å². The maximum Gasteiger partial charge on any atom is 0.120 e. The highest BCUT2D eigenvalue weighted by molar-refractivity contribution is 6.30. The van der Waals surface area contributed by atoms with Gasteiger partial charge in [0.2, 0.25) is 0 Å². The van der Waals surface area contributed by atoms with Gasteiger partial charge in [0.15, 0.2) is 0 Å². The lowest BCUT2D eigenvalue weighted by Gasteiger charge is -1.98. The summed E-state index contributed by atoms with van der Waals surface area (Å²) in [5.41, 5.74) is 0.451. The minimum atomic E-state index is -0.0492. The first-order valence-corrected chi connectivity index (χ1v) is 3.38. The fourth-order valence-electron chi connectivity index (χ4n) is 0.750. The molecule has 0 bridgehead atoms. The standard InChI is InChI=1S/C7H6ClNO2/c8-6-1-2-7(10)5(3-6)4-9-11/h1-3,10H,4H2. The van der Waals surface area contributed by atoms with Crippen molar-refractivity contribution in [1.82, 2.24) is 0 Å². The predicted molar refractivity (Wildman–Crippen MR) is 42.6 cm³/mol. The molecule has 0 atom stereocenters. The quantitative estimate of drug-likeness (QED) is 0.695. The molecule has 0 amide bonds. The molecule has 0 saturated heterocycles. The van der Waals surface area contributed by atoms with Crippen molar-refractivity contribution in [2.45, 2.75) is 6.54 Å². The highest BCUT2D eigenvalue weighted by Gasteiger charge is 2.00. The van der Waals surface area contributed by atoms with Crippen LogP contribution in [0.25, 0.3) is 0 Å². The van der Waals surface area contributed by atoms with Gasteiger partial charge in [-0.15, -0.1) is 0 Å². The van der Waals surface area contributed by atoms with E-state index in [0.717, 1.165) is 0 Å². The van der Waals surface area contributed by atoms with Crippen LogP contribution in [-0.4, -0.2) is 5.11 Å². The molecule has 0 aliphatic carbocycles. The van der Waals surface area contributed by atoms with Crippen LogP contribution in [0.1, 0.15) is 5.56 Å². The molecule has 0 aliphatic heterocycles. The van der Waals surface area contributed by atoms with Crippen molar-refractivity contribution in [3.8, 4) is 5.75 Å². The number of benzene rings is 1. The summed E-state index contributed by atoms with van der Waals surface area (Å²) < 4.78 is 0. The maximum absolute atomic E-state index is 9.83. The van der Waals surface area contributed by atoms with E-state index in [-0.39, 0.29) is 12.3 Å². The SMILES string of the molecule is O=NCc1cc(Cl)ccc1O. The Labute approximate surface area is 68.6 Å². The monoisotopic (exact) mass is 171 g/mol. The maximum atomic E-state index is 9.83. The molecule has 0 heterocycles. The van der Waals surface area contributed by atoms with Crippen molar-refractivity contribution in [2.24, 2.45) is 5.18 Å². The van der Waals surface area contributed by atoms with Gasteiger partial charge in [-0.2, -0.15) is 4.91 Å². The molecule has 0 aromatic heterocycles. The Balaban J connectivity index is 3.01. The lowest BCUT2D eigenvalue weighted by atomic mass is 10.2. The highest BCUT2D eigenvalue weighted by atomic mass is 35.5. The third-order valence-electron chi connectivity index (χ3n) is 1.28. The summed E-state index contributed by atoms with van der Waals surface area (Å²) >= 11 is 5.60. The number of phenolic OH excluding ortho intramolecular Hbond substituents is 1. The fraction of sp³-hybridized carbons (Fsp3) is 0.143. The highest BCUT2D eigenvalue weighted by Crippen LogP contribution is 2.21. The van der Waals surface area contributed by atoms with Crippen LogP contribution in [0.5, 0.6) is 5.75 Å². The first-order valence-electron chi connectivity index (χ1n) is 3.00. The zero-order valence-electron chi connectivity index (χ0n) is 5.62. The van der Waals surface area contributed by atoms with Crippen molar-refractivity contribution in [3.63, 3.8) is 0 Å². The molecular weight excluding hydrogens is 166 g/mol. The van der Waals surface area contributed by atoms with E-state index < -0.39 is 0 Å². The van der Waals surface area contributed by atoms with Crippen molar-refractivity contribution in [2.75, 3.05) is 0 Å². The Morgan fingerprint density at radius 1 is 1.55 bits per heavy atom. The van der Waals surface area contributed by atoms with Crippen molar-refractivity contribution in [1.29, 1.82) is 0 Å². The molecule has 0 saturated carbocycles. The molecule has 1 N–H and O–H groups in total. The summed E-state index contributed by atoms with van der Waals surface area (Å²) in [6, 6.07) is 4.49. The van der Waals surface area contributed by atoms with Crippen LogP contribution in [-0.2, 0) is 6.54 Å². The van der Waals surface area contributed by atoms with E-state index >= 15 is 0 Å². The normalized spacial score (nSPS) is 9.55. The minimum absolute atomic E-state index is 0.0492. The van der Waals surface area contributed by atoms with Gasteiger partial charge in [0.25, 0.3) is 0 Å². The summed E-state index contributed by atoms with van der Waals surface area (Å²) in [5, 5.41) is 12.2. The smallest absolute Gasteiger partial charge is 0.120 e. The van der Waals surface area contributed by atoms with E-state index in [2.05, 4.69) is 5.18 Å². The second-order valence-electron chi connectivity index (χ2n) is 2.06. The molecule has 1 aromatic rings. The molecule has 0 spiro atoms. The average Bonchev–Trinajstić information content (AvgIpc) is 1.98.